The first-order valence-electron chi connectivity index (χ1n) is 7.52. The lowest BCUT2D eigenvalue weighted by molar-refractivity contribution is -0.384. The fraction of sp³-hybridized carbons (Fsp3) is 0.643. The molecule has 1 unspecified atom stereocenters. The Labute approximate surface area is 139 Å². The minimum absolute atomic E-state index is 0.0104. The third-order valence-corrected chi connectivity index (χ3v) is 4.26. The van der Waals surface area contributed by atoms with E-state index in [0.29, 0.717) is 6.42 Å². The Bertz CT molecular complexity index is 592. The molecule has 1 fully saturated rings. The molecular formula is C14H19ClN4O4. The molecule has 1 atom stereocenters. The molecule has 8 nitrogen and oxygen atoms in total. The predicted molar refractivity (Wildman–Crippen MR) is 84.5 cm³/mol. The van der Waals surface area contributed by atoms with Crippen molar-refractivity contribution in [1.82, 2.24) is 9.97 Å². The van der Waals surface area contributed by atoms with Gasteiger partial charge in [-0.1, -0.05) is 19.8 Å². The lowest BCUT2D eigenvalue weighted by Gasteiger charge is -2.34. The van der Waals surface area contributed by atoms with Crippen LogP contribution in [0.25, 0.3) is 0 Å². The van der Waals surface area contributed by atoms with E-state index in [1.165, 1.54) is 7.11 Å². The summed E-state index contributed by atoms with van der Waals surface area (Å²) in [5, 5.41) is 11.3. The molecule has 2 rings (SSSR count). The monoisotopic (exact) mass is 342 g/mol. The standard InChI is InChI=1S/C14H19ClN4O4/c1-3-10(13(20)23-2)18(9-6-4-5-7-9)12-11(19(21)22)8-16-14(15)17-12/h8-10H,3-7H2,1-2H3. The van der Waals surface area contributed by atoms with Crippen LogP contribution in [-0.4, -0.2) is 40.1 Å². The van der Waals surface area contributed by atoms with Crippen LogP contribution in [-0.2, 0) is 9.53 Å². The number of halogens is 1. The highest BCUT2D eigenvalue weighted by atomic mass is 35.5. The van der Waals surface area contributed by atoms with Crippen LogP contribution in [0.1, 0.15) is 39.0 Å². The van der Waals surface area contributed by atoms with Crippen LogP contribution in [0, 0.1) is 10.1 Å². The number of nitro groups is 1. The molecule has 1 aliphatic carbocycles. The molecule has 0 saturated heterocycles. The van der Waals surface area contributed by atoms with Gasteiger partial charge in [-0.05, 0) is 30.9 Å². The summed E-state index contributed by atoms with van der Waals surface area (Å²) >= 11 is 5.85. The maximum Gasteiger partial charge on any atom is 0.329 e. The van der Waals surface area contributed by atoms with Crippen LogP contribution in [0.2, 0.25) is 5.28 Å². The summed E-state index contributed by atoms with van der Waals surface area (Å²) in [6.07, 6.45) is 5.22. The van der Waals surface area contributed by atoms with Gasteiger partial charge in [-0.25, -0.2) is 9.78 Å². The Morgan fingerprint density at radius 2 is 2.22 bits per heavy atom. The largest absolute Gasteiger partial charge is 0.467 e. The summed E-state index contributed by atoms with van der Waals surface area (Å²) in [6, 6.07) is -0.656. The highest BCUT2D eigenvalue weighted by molar-refractivity contribution is 6.28. The summed E-state index contributed by atoms with van der Waals surface area (Å²) in [7, 11) is 1.30. The number of carbonyl (C=O) groups is 1. The summed E-state index contributed by atoms with van der Waals surface area (Å²) < 4.78 is 4.87. The molecule has 0 spiro atoms. The second kappa shape index (κ2) is 7.54. The molecule has 0 amide bonds. The van der Waals surface area contributed by atoms with E-state index >= 15 is 0 Å². The van der Waals surface area contributed by atoms with Crippen LogP contribution in [0.3, 0.4) is 0 Å². The third-order valence-electron chi connectivity index (χ3n) is 4.08. The van der Waals surface area contributed by atoms with Crippen molar-refractivity contribution in [2.45, 2.75) is 51.1 Å². The van der Waals surface area contributed by atoms with Crippen molar-refractivity contribution < 1.29 is 14.5 Å². The number of anilines is 1. The van der Waals surface area contributed by atoms with Crippen LogP contribution in [0.5, 0.6) is 0 Å². The first-order chi connectivity index (χ1) is 11.0. The summed E-state index contributed by atoms with van der Waals surface area (Å²) in [5.41, 5.74) is -0.261. The zero-order chi connectivity index (χ0) is 17.0. The zero-order valence-electron chi connectivity index (χ0n) is 13.1. The van der Waals surface area contributed by atoms with Gasteiger partial charge >= 0.3 is 11.7 Å². The molecule has 0 aliphatic heterocycles. The van der Waals surface area contributed by atoms with Crippen LogP contribution in [0.4, 0.5) is 11.5 Å². The summed E-state index contributed by atoms with van der Waals surface area (Å²) in [6.45, 7) is 1.83. The van der Waals surface area contributed by atoms with E-state index < -0.39 is 16.9 Å². The smallest absolute Gasteiger partial charge is 0.329 e. The number of rotatable bonds is 6. The Morgan fingerprint density at radius 1 is 1.57 bits per heavy atom. The van der Waals surface area contributed by atoms with Crippen molar-refractivity contribution in [3.05, 3.63) is 21.6 Å². The topological polar surface area (TPSA) is 98.5 Å². The first-order valence-corrected chi connectivity index (χ1v) is 7.90. The molecule has 126 valence electrons. The highest BCUT2D eigenvalue weighted by Crippen LogP contribution is 2.35. The van der Waals surface area contributed by atoms with Crippen molar-refractivity contribution in [3.63, 3.8) is 0 Å². The van der Waals surface area contributed by atoms with Gasteiger partial charge in [0.05, 0.1) is 12.0 Å². The van der Waals surface area contributed by atoms with Crippen molar-refractivity contribution >= 4 is 29.1 Å². The Kier molecular flexibility index (Phi) is 5.70. The van der Waals surface area contributed by atoms with Crippen molar-refractivity contribution in [1.29, 1.82) is 0 Å². The summed E-state index contributed by atoms with van der Waals surface area (Å²) in [5.74, 6) is -0.359. The number of ether oxygens (including phenoxy) is 1. The Hall–Kier alpha value is -1.96. The van der Waals surface area contributed by atoms with Gasteiger partial charge in [-0.3, -0.25) is 10.1 Å². The average molecular weight is 343 g/mol. The van der Waals surface area contributed by atoms with Crippen molar-refractivity contribution in [3.8, 4) is 0 Å². The lowest BCUT2D eigenvalue weighted by atomic mass is 10.1. The molecule has 9 heteroatoms. The number of esters is 1. The Balaban J connectivity index is 2.55. The maximum atomic E-state index is 12.2. The highest BCUT2D eigenvalue weighted by Gasteiger charge is 2.37. The molecule has 0 aromatic carbocycles. The molecule has 23 heavy (non-hydrogen) atoms. The van der Waals surface area contributed by atoms with E-state index in [1.807, 2.05) is 6.92 Å². The van der Waals surface area contributed by atoms with E-state index in [0.717, 1.165) is 31.9 Å². The number of hydrogen-bond donors (Lipinski definition) is 0. The maximum absolute atomic E-state index is 12.2. The van der Waals surface area contributed by atoms with E-state index in [4.69, 9.17) is 16.3 Å². The van der Waals surface area contributed by atoms with Crippen molar-refractivity contribution in [2.24, 2.45) is 0 Å². The predicted octanol–water partition coefficient (Wildman–Crippen LogP) is 2.74. The minimum Gasteiger partial charge on any atom is -0.467 e. The van der Waals surface area contributed by atoms with E-state index in [1.54, 1.807) is 4.90 Å². The second-order valence-corrected chi connectivity index (χ2v) is 5.74. The SMILES string of the molecule is CCC(C(=O)OC)N(c1nc(Cl)ncc1[N+](=O)[O-])C1CCCC1. The number of methoxy groups -OCH3 is 1. The van der Waals surface area contributed by atoms with Gasteiger partial charge in [0.1, 0.15) is 12.2 Å². The molecule has 0 N–H and O–H groups in total. The minimum atomic E-state index is -0.646. The number of nitrogens with zero attached hydrogens (tertiary/aromatic N) is 4. The van der Waals surface area contributed by atoms with Gasteiger partial charge in [-0.2, -0.15) is 4.98 Å². The molecule has 0 radical (unpaired) electrons. The normalized spacial score (nSPS) is 16.1. The third kappa shape index (κ3) is 3.69. The molecule has 1 heterocycles. The quantitative estimate of drug-likeness (QED) is 0.339. The molecular weight excluding hydrogens is 324 g/mol. The van der Waals surface area contributed by atoms with Gasteiger partial charge < -0.3 is 9.64 Å². The van der Waals surface area contributed by atoms with E-state index in [-0.39, 0.29) is 22.8 Å². The van der Waals surface area contributed by atoms with E-state index in [2.05, 4.69) is 9.97 Å². The zero-order valence-corrected chi connectivity index (χ0v) is 13.8. The Morgan fingerprint density at radius 3 is 2.74 bits per heavy atom. The van der Waals surface area contributed by atoms with E-state index in [9.17, 15) is 14.9 Å². The van der Waals surface area contributed by atoms with Gasteiger partial charge in [0.25, 0.3) is 0 Å². The van der Waals surface area contributed by atoms with Gasteiger partial charge in [0.15, 0.2) is 0 Å². The second-order valence-electron chi connectivity index (χ2n) is 5.40. The molecule has 1 aromatic rings. The first kappa shape index (κ1) is 17.4. The van der Waals surface area contributed by atoms with Gasteiger partial charge in [-0.15, -0.1) is 0 Å². The lowest BCUT2D eigenvalue weighted by Crippen LogP contribution is -2.47. The van der Waals surface area contributed by atoms with Crippen LogP contribution in [0.15, 0.2) is 6.20 Å². The van der Waals surface area contributed by atoms with Crippen LogP contribution >= 0.6 is 11.6 Å². The fourth-order valence-corrected chi connectivity index (χ4v) is 3.16. The number of carbonyl (C=O) groups excluding carboxylic acids is 1. The summed E-state index contributed by atoms with van der Waals surface area (Å²) in [4.78, 5) is 32.4. The molecule has 1 saturated carbocycles. The van der Waals surface area contributed by atoms with Gasteiger partial charge in [0.2, 0.25) is 11.1 Å². The van der Waals surface area contributed by atoms with Crippen LogP contribution < -0.4 is 4.90 Å². The molecule has 1 aliphatic rings. The molecule has 1 aromatic heterocycles. The fourth-order valence-electron chi connectivity index (χ4n) is 3.03. The van der Waals surface area contributed by atoms with Gasteiger partial charge in [0, 0.05) is 6.04 Å². The molecule has 0 bridgehead atoms. The number of aromatic nitrogens is 2. The van der Waals surface area contributed by atoms with Crippen molar-refractivity contribution in [2.75, 3.05) is 12.0 Å². The average Bonchev–Trinajstić information content (AvgIpc) is 3.05. The number of hydrogen-bond acceptors (Lipinski definition) is 7.